The van der Waals surface area contributed by atoms with Gasteiger partial charge in [-0.3, -0.25) is 4.79 Å². The minimum Gasteiger partial charge on any atom is -0.444 e. The van der Waals surface area contributed by atoms with Gasteiger partial charge in [0.05, 0.1) is 31.9 Å². The third-order valence-corrected chi connectivity index (χ3v) is 10.6. The number of carbonyl (C=O) groups excluding carboxylic acids is 1. The molecule has 0 aromatic carbocycles. The number of pyridine rings is 1. The molecule has 1 saturated heterocycles. The summed E-state index contributed by atoms with van der Waals surface area (Å²) in [4.78, 5) is 26.3. The molecule has 0 unspecified atom stereocenters. The quantitative estimate of drug-likeness (QED) is 0.508. The topological polar surface area (TPSA) is 96.0 Å². The minimum atomic E-state index is -1.95. The Morgan fingerprint density at radius 1 is 1.16 bits per heavy atom. The van der Waals surface area contributed by atoms with Crippen molar-refractivity contribution in [2.24, 2.45) is 0 Å². The Balaban J connectivity index is 2.11. The molecule has 2 rings (SSSR count). The molecule has 0 spiro atoms. The lowest BCUT2D eigenvalue weighted by molar-refractivity contribution is -0.103. The smallest absolute Gasteiger partial charge is 0.410 e. The third-order valence-electron chi connectivity index (χ3n) is 6.12. The Morgan fingerprint density at radius 3 is 2.38 bits per heavy atom. The number of amides is 1. The Hall–Kier alpha value is -1.84. The van der Waals surface area contributed by atoms with Crippen molar-refractivity contribution in [2.75, 3.05) is 25.5 Å². The molecule has 0 aliphatic carbocycles. The number of nitrogens with zero attached hydrogens (tertiary/aromatic N) is 2. The molecular weight excluding hydrogens is 426 g/mol. The van der Waals surface area contributed by atoms with Crippen LogP contribution in [0.2, 0.25) is 18.1 Å². The summed E-state index contributed by atoms with van der Waals surface area (Å²) in [5, 5.41) is 0.0873. The number of nitrogens with two attached hydrogens (primary N) is 1. The molecule has 1 aromatic rings. The van der Waals surface area contributed by atoms with Crippen LogP contribution in [0.1, 0.15) is 53.7 Å². The van der Waals surface area contributed by atoms with Crippen LogP contribution in [-0.2, 0) is 20.3 Å². The highest BCUT2D eigenvalue weighted by Gasteiger charge is 2.39. The summed E-state index contributed by atoms with van der Waals surface area (Å²) in [6.07, 6.45) is 0.385. The van der Waals surface area contributed by atoms with Crippen molar-refractivity contribution in [3.8, 4) is 0 Å². The lowest BCUT2D eigenvalue weighted by atomic mass is 10.1. The molecule has 1 aliphatic rings. The third kappa shape index (κ3) is 7.35. The normalized spacial score (nSPS) is 20.3. The van der Waals surface area contributed by atoms with Crippen molar-refractivity contribution in [1.29, 1.82) is 0 Å². The fraction of sp³-hybridized carbons (Fsp3) is 0.739. The second kappa shape index (κ2) is 9.97. The first-order chi connectivity index (χ1) is 14.6. The highest BCUT2D eigenvalue weighted by atomic mass is 28.4. The molecule has 0 saturated carbocycles. The van der Waals surface area contributed by atoms with Gasteiger partial charge in [-0.2, -0.15) is 0 Å². The van der Waals surface area contributed by atoms with Gasteiger partial charge in [-0.1, -0.05) is 26.8 Å². The molecule has 1 amide bonds. The zero-order valence-corrected chi connectivity index (χ0v) is 21.9. The molecular formula is C23H41N3O5Si. The fourth-order valence-corrected chi connectivity index (χ4v) is 4.26. The van der Waals surface area contributed by atoms with E-state index in [0.717, 1.165) is 10.4 Å². The second-order valence-electron chi connectivity index (χ2n) is 11.1. The zero-order valence-electron chi connectivity index (χ0n) is 20.9. The number of nitrogen functional groups attached to an aromatic ring is 1. The molecule has 2 atom stereocenters. The van der Waals surface area contributed by atoms with E-state index in [-0.39, 0.29) is 28.9 Å². The molecule has 1 aromatic heterocycles. The Kier molecular flexibility index (Phi) is 8.23. The first kappa shape index (κ1) is 26.4. The summed E-state index contributed by atoms with van der Waals surface area (Å²) < 4.78 is 19.5. The van der Waals surface area contributed by atoms with Gasteiger partial charge in [0.25, 0.3) is 5.56 Å². The van der Waals surface area contributed by atoms with E-state index in [2.05, 4.69) is 33.9 Å². The maximum absolute atomic E-state index is 12.8. The van der Waals surface area contributed by atoms with Crippen LogP contribution in [0.25, 0.3) is 0 Å². The number of morpholine rings is 1. The van der Waals surface area contributed by atoms with Gasteiger partial charge >= 0.3 is 6.09 Å². The van der Waals surface area contributed by atoms with E-state index in [9.17, 15) is 9.59 Å². The van der Waals surface area contributed by atoms with E-state index in [1.807, 2.05) is 26.8 Å². The highest BCUT2D eigenvalue weighted by Crippen LogP contribution is 2.36. The van der Waals surface area contributed by atoms with Crippen molar-refractivity contribution in [2.45, 2.75) is 90.3 Å². The minimum absolute atomic E-state index is 0.0873. The predicted octanol–water partition coefficient (Wildman–Crippen LogP) is 3.52. The van der Waals surface area contributed by atoms with Crippen molar-refractivity contribution in [1.82, 2.24) is 9.58 Å². The van der Waals surface area contributed by atoms with E-state index in [1.54, 1.807) is 11.0 Å². The van der Waals surface area contributed by atoms with Crippen molar-refractivity contribution >= 4 is 14.4 Å². The maximum atomic E-state index is 12.8. The first-order valence-corrected chi connectivity index (χ1v) is 14.2. The molecule has 8 nitrogen and oxygen atoms in total. The lowest BCUT2D eigenvalue weighted by Gasteiger charge is -2.41. The predicted molar refractivity (Wildman–Crippen MR) is 129 cm³/mol. The van der Waals surface area contributed by atoms with Gasteiger partial charge in [0, 0.05) is 11.8 Å². The molecule has 0 bridgehead atoms. The largest absolute Gasteiger partial charge is 0.444 e. The van der Waals surface area contributed by atoms with Crippen LogP contribution < -0.4 is 11.4 Å². The Morgan fingerprint density at radius 2 is 1.78 bits per heavy atom. The molecule has 182 valence electrons. The number of rotatable bonds is 6. The fourth-order valence-electron chi connectivity index (χ4n) is 3.23. The van der Waals surface area contributed by atoms with Crippen molar-refractivity contribution in [3.63, 3.8) is 0 Å². The summed E-state index contributed by atoms with van der Waals surface area (Å²) in [7, 11) is -1.95. The molecule has 9 heteroatoms. The monoisotopic (exact) mass is 467 g/mol. The van der Waals surface area contributed by atoms with Gasteiger partial charge in [0.1, 0.15) is 5.60 Å². The molecule has 2 heterocycles. The van der Waals surface area contributed by atoms with Gasteiger partial charge in [-0.25, -0.2) is 9.47 Å². The molecule has 0 radical (unpaired) electrons. The van der Waals surface area contributed by atoms with E-state index < -0.39 is 13.9 Å². The van der Waals surface area contributed by atoms with E-state index in [4.69, 9.17) is 19.7 Å². The van der Waals surface area contributed by atoms with Crippen LogP contribution in [0.3, 0.4) is 0 Å². The van der Waals surface area contributed by atoms with Crippen molar-refractivity contribution < 1.29 is 18.7 Å². The van der Waals surface area contributed by atoms with Crippen LogP contribution in [0.15, 0.2) is 23.0 Å². The lowest BCUT2D eigenvalue weighted by Crippen LogP contribution is -2.54. The van der Waals surface area contributed by atoms with Crippen LogP contribution in [0, 0.1) is 0 Å². The van der Waals surface area contributed by atoms with Crippen LogP contribution in [0.5, 0.6) is 0 Å². The second-order valence-corrected chi connectivity index (χ2v) is 15.9. The number of hydrogen-bond acceptors (Lipinski definition) is 6. The van der Waals surface area contributed by atoms with E-state index >= 15 is 0 Å². The molecule has 1 fully saturated rings. The molecule has 1 aliphatic heterocycles. The van der Waals surface area contributed by atoms with Crippen LogP contribution >= 0.6 is 0 Å². The van der Waals surface area contributed by atoms with Gasteiger partial charge in [-0.05, 0) is 57.8 Å². The standard InChI is InChI=1S/C23H41N3O5Si/c1-22(2,3)31-21(28)25-14-18(13-12-17-10-9-11-20(27)26(17)24)30-19(15-25)16-29-32(7,8)23(4,5)6/h9-11,18-19H,12-16,24H2,1-8H3/t18-,19+/m1/s1. The number of aryl methyl sites for hydroxylation is 1. The average molecular weight is 468 g/mol. The van der Waals surface area contributed by atoms with Crippen molar-refractivity contribution in [3.05, 3.63) is 34.2 Å². The summed E-state index contributed by atoms with van der Waals surface area (Å²) in [5.41, 5.74) is -0.0924. The number of aromatic nitrogens is 1. The van der Waals surface area contributed by atoms with Gasteiger partial charge in [0.15, 0.2) is 8.32 Å². The zero-order chi connectivity index (χ0) is 24.3. The summed E-state index contributed by atoms with van der Waals surface area (Å²) in [5.74, 6) is 5.87. The van der Waals surface area contributed by atoms with Gasteiger partial charge in [0.2, 0.25) is 0 Å². The average Bonchev–Trinajstić information content (AvgIpc) is 2.65. The molecule has 32 heavy (non-hydrogen) atoms. The number of ether oxygens (including phenoxy) is 2. The maximum Gasteiger partial charge on any atom is 0.410 e. The van der Waals surface area contributed by atoms with Gasteiger partial charge in [-0.15, -0.1) is 0 Å². The molecule has 2 N–H and O–H groups in total. The Bertz CT molecular complexity index is 841. The number of hydrogen-bond donors (Lipinski definition) is 1. The van der Waals surface area contributed by atoms with Crippen LogP contribution in [0.4, 0.5) is 4.79 Å². The van der Waals surface area contributed by atoms with E-state index in [0.29, 0.717) is 32.5 Å². The van der Waals surface area contributed by atoms with Gasteiger partial charge < -0.3 is 24.6 Å². The highest BCUT2D eigenvalue weighted by molar-refractivity contribution is 6.74. The summed E-state index contributed by atoms with van der Waals surface area (Å²) in [6, 6.07) is 4.96. The first-order valence-electron chi connectivity index (χ1n) is 11.3. The number of carbonyl (C=O) groups is 1. The Labute approximate surface area is 193 Å². The SMILES string of the molecule is CC(C)(C)OC(=O)N1C[C@@H](CCc2cccc(=O)n2N)O[C@H](CO[Si](C)(C)C(C)(C)C)C1. The van der Waals surface area contributed by atoms with E-state index in [1.165, 1.54) is 6.07 Å². The summed E-state index contributed by atoms with van der Waals surface area (Å²) in [6.45, 7) is 17.8. The summed E-state index contributed by atoms with van der Waals surface area (Å²) >= 11 is 0. The van der Waals surface area contributed by atoms with Crippen LogP contribution in [-0.4, -0.2) is 61.5 Å².